The van der Waals surface area contributed by atoms with Crippen LogP contribution in [-0.4, -0.2) is 43.4 Å². The molecule has 0 fully saturated rings. The third-order valence-corrected chi connectivity index (χ3v) is 3.72. The van der Waals surface area contributed by atoms with Crippen LogP contribution in [0.3, 0.4) is 0 Å². The van der Waals surface area contributed by atoms with Crippen LogP contribution in [0.1, 0.15) is 32.6 Å². The molecule has 0 aromatic carbocycles. The Kier molecular flexibility index (Phi) is 8.49. The van der Waals surface area contributed by atoms with E-state index in [4.69, 9.17) is 10.5 Å². The maximum Gasteiger partial charge on any atom is 0.217 e. The number of carbonyl (C=O) groups is 1. The number of hydrogen-bond donors (Lipinski definition) is 3. The number of amides is 1. The molecule has 5 heteroatoms. The first-order chi connectivity index (χ1) is 9.59. The molecule has 4 N–H and O–H groups in total. The normalized spacial score (nSPS) is 23.7. The lowest BCUT2D eigenvalue weighted by atomic mass is 9.85. The Morgan fingerprint density at radius 1 is 1.50 bits per heavy atom. The fourth-order valence-corrected chi connectivity index (χ4v) is 2.31. The van der Waals surface area contributed by atoms with Gasteiger partial charge in [0.1, 0.15) is 0 Å². The molecular weight excluding hydrogens is 256 g/mol. The molecule has 0 aromatic heterocycles. The quantitative estimate of drug-likeness (QED) is 0.409. The highest BCUT2D eigenvalue weighted by atomic mass is 16.5. The first-order valence-corrected chi connectivity index (χ1v) is 7.49. The number of carbonyl (C=O) groups excluding carboxylic acids is 1. The van der Waals surface area contributed by atoms with Gasteiger partial charge in [-0.1, -0.05) is 19.1 Å². The van der Waals surface area contributed by atoms with Crippen molar-refractivity contribution in [1.82, 2.24) is 5.32 Å². The Morgan fingerprint density at radius 3 is 2.95 bits per heavy atom. The van der Waals surface area contributed by atoms with E-state index in [1.54, 1.807) is 0 Å². The van der Waals surface area contributed by atoms with Crippen molar-refractivity contribution in [2.45, 2.75) is 38.7 Å². The van der Waals surface area contributed by atoms with Gasteiger partial charge in [0.25, 0.3) is 0 Å². The summed E-state index contributed by atoms with van der Waals surface area (Å²) in [4.78, 5) is 10.5. The highest BCUT2D eigenvalue weighted by Gasteiger charge is 2.18. The van der Waals surface area contributed by atoms with E-state index in [0.29, 0.717) is 51.0 Å². The lowest BCUT2D eigenvalue weighted by Crippen LogP contribution is -2.32. The molecule has 0 aliphatic heterocycles. The predicted molar refractivity (Wildman–Crippen MR) is 79.2 cm³/mol. The summed E-state index contributed by atoms with van der Waals surface area (Å²) in [5.74, 6) is 0.936. The number of allylic oxidation sites excluding steroid dienone is 2. The molecule has 1 aliphatic rings. The van der Waals surface area contributed by atoms with Crippen LogP contribution < -0.4 is 11.1 Å². The number of hydrogen-bond acceptors (Lipinski definition) is 4. The van der Waals surface area contributed by atoms with Crippen molar-refractivity contribution < 1.29 is 14.6 Å². The highest BCUT2D eigenvalue weighted by Crippen LogP contribution is 2.24. The molecular formula is C15H28N2O3. The molecule has 5 nitrogen and oxygen atoms in total. The molecule has 0 aromatic rings. The first-order valence-electron chi connectivity index (χ1n) is 7.49. The Hall–Kier alpha value is -0.910. The summed E-state index contributed by atoms with van der Waals surface area (Å²) in [6.45, 7) is 4.48. The van der Waals surface area contributed by atoms with Crippen LogP contribution in [0, 0.1) is 11.8 Å². The van der Waals surface area contributed by atoms with Gasteiger partial charge in [0, 0.05) is 13.0 Å². The van der Waals surface area contributed by atoms with Gasteiger partial charge in [-0.15, -0.1) is 0 Å². The zero-order chi connectivity index (χ0) is 14.8. The van der Waals surface area contributed by atoms with Crippen LogP contribution in [0.15, 0.2) is 12.2 Å². The van der Waals surface area contributed by atoms with E-state index in [-0.39, 0.29) is 5.91 Å². The maximum atomic E-state index is 10.5. The second-order valence-electron chi connectivity index (χ2n) is 5.65. The van der Waals surface area contributed by atoms with E-state index in [1.807, 2.05) is 0 Å². The molecule has 0 radical (unpaired) electrons. The summed E-state index contributed by atoms with van der Waals surface area (Å²) in [5, 5.41) is 12.8. The average molecular weight is 284 g/mol. The molecule has 0 bridgehead atoms. The van der Waals surface area contributed by atoms with E-state index in [2.05, 4.69) is 24.4 Å². The monoisotopic (exact) mass is 284 g/mol. The minimum Gasteiger partial charge on any atom is -0.389 e. The van der Waals surface area contributed by atoms with E-state index in [1.165, 1.54) is 0 Å². The SMILES string of the molecule is CC1CC=CCC1COCC(O)CNCCCC(N)=O. The van der Waals surface area contributed by atoms with Gasteiger partial charge in [-0.2, -0.15) is 0 Å². The Labute approximate surface area is 121 Å². The van der Waals surface area contributed by atoms with Gasteiger partial charge in [0.05, 0.1) is 19.3 Å². The number of rotatable bonds is 10. The number of primary amides is 1. The number of aliphatic hydroxyl groups is 1. The summed E-state index contributed by atoms with van der Waals surface area (Å²) >= 11 is 0. The fraction of sp³-hybridized carbons (Fsp3) is 0.800. The Morgan fingerprint density at radius 2 is 2.25 bits per heavy atom. The Bertz CT molecular complexity index is 307. The number of aliphatic hydroxyl groups excluding tert-OH is 1. The lowest BCUT2D eigenvalue weighted by molar-refractivity contribution is -0.118. The molecule has 1 rings (SSSR count). The van der Waals surface area contributed by atoms with Crippen LogP contribution >= 0.6 is 0 Å². The van der Waals surface area contributed by atoms with Gasteiger partial charge >= 0.3 is 0 Å². The summed E-state index contributed by atoms with van der Waals surface area (Å²) in [7, 11) is 0. The minimum atomic E-state index is -0.502. The van der Waals surface area contributed by atoms with Crippen molar-refractivity contribution in [2.24, 2.45) is 17.6 Å². The third-order valence-electron chi connectivity index (χ3n) is 3.72. The average Bonchev–Trinajstić information content (AvgIpc) is 2.40. The number of ether oxygens (including phenoxy) is 1. The van der Waals surface area contributed by atoms with E-state index < -0.39 is 6.10 Å². The van der Waals surface area contributed by atoms with Gasteiger partial charge in [-0.25, -0.2) is 0 Å². The molecule has 3 atom stereocenters. The standard InChI is InChI=1S/C15H28N2O3/c1-12-5-2-3-6-13(12)10-20-11-14(18)9-17-8-4-7-15(16)19/h2-3,12-14,17-18H,4-11H2,1H3,(H2,16,19). The van der Waals surface area contributed by atoms with Crippen LogP contribution in [-0.2, 0) is 9.53 Å². The molecule has 1 aliphatic carbocycles. The zero-order valence-electron chi connectivity index (χ0n) is 12.4. The molecule has 20 heavy (non-hydrogen) atoms. The van der Waals surface area contributed by atoms with E-state index in [9.17, 15) is 9.90 Å². The van der Waals surface area contributed by atoms with E-state index >= 15 is 0 Å². The van der Waals surface area contributed by atoms with Crippen molar-refractivity contribution in [3.05, 3.63) is 12.2 Å². The molecule has 0 heterocycles. The molecule has 1 amide bonds. The molecule has 116 valence electrons. The van der Waals surface area contributed by atoms with Crippen molar-refractivity contribution in [3.8, 4) is 0 Å². The highest BCUT2D eigenvalue weighted by molar-refractivity contribution is 5.73. The molecule has 0 spiro atoms. The second kappa shape index (κ2) is 9.91. The Balaban J connectivity index is 1.98. The molecule has 0 saturated heterocycles. The predicted octanol–water partition coefficient (Wildman–Crippen LogP) is 0.821. The van der Waals surface area contributed by atoms with Crippen LogP contribution in [0.25, 0.3) is 0 Å². The fourth-order valence-electron chi connectivity index (χ4n) is 2.31. The summed E-state index contributed by atoms with van der Waals surface area (Å²) < 4.78 is 5.60. The largest absolute Gasteiger partial charge is 0.389 e. The maximum absolute atomic E-state index is 10.5. The van der Waals surface area contributed by atoms with Crippen molar-refractivity contribution in [2.75, 3.05) is 26.3 Å². The second-order valence-corrected chi connectivity index (χ2v) is 5.65. The molecule has 3 unspecified atom stereocenters. The lowest BCUT2D eigenvalue weighted by Gasteiger charge is -2.25. The van der Waals surface area contributed by atoms with Gasteiger partial charge < -0.3 is 20.9 Å². The number of nitrogens with two attached hydrogens (primary N) is 1. The van der Waals surface area contributed by atoms with Gasteiger partial charge in [-0.05, 0) is 37.6 Å². The van der Waals surface area contributed by atoms with Crippen molar-refractivity contribution >= 4 is 5.91 Å². The zero-order valence-corrected chi connectivity index (χ0v) is 12.4. The van der Waals surface area contributed by atoms with Crippen LogP contribution in [0.2, 0.25) is 0 Å². The first kappa shape index (κ1) is 17.1. The van der Waals surface area contributed by atoms with Gasteiger partial charge in [-0.3, -0.25) is 4.79 Å². The molecule has 0 saturated carbocycles. The summed E-state index contributed by atoms with van der Waals surface area (Å²) in [6.07, 6.45) is 7.22. The van der Waals surface area contributed by atoms with E-state index in [0.717, 1.165) is 12.8 Å². The smallest absolute Gasteiger partial charge is 0.217 e. The van der Waals surface area contributed by atoms with Gasteiger partial charge in [0.2, 0.25) is 5.91 Å². The summed E-state index contributed by atoms with van der Waals surface area (Å²) in [6, 6.07) is 0. The van der Waals surface area contributed by atoms with Crippen LogP contribution in [0.4, 0.5) is 0 Å². The topological polar surface area (TPSA) is 84.6 Å². The third kappa shape index (κ3) is 7.62. The summed E-state index contributed by atoms with van der Waals surface area (Å²) in [5.41, 5.74) is 5.04. The number of nitrogens with one attached hydrogen (secondary N) is 1. The van der Waals surface area contributed by atoms with Crippen LogP contribution in [0.5, 0.6) is 0 Å². The van der Waals surface area contributed by atoms with Gasteiger partial charge in [0.15, 0.2) is 0 Å². The van der Waals surface area contributed by atoms with Crippen molar-refractivity contribution in [3.63, 3.8) is 0 Å². The minimum absolute atomic E-state index is 0.286. The van der Waals surface area contributed by atoms with Crippen molar-refractivity contribution in [1.29, 1.82) is 0 Å².